The second-order valence-corrected chi connectivity index (χ2v) is 5.75. The molecule has 120 valence electrons. The van der Waals surface area contributed by atoms with E-state index >= 15 is 0 Å². The fraction of sp³-hybridized carbons (Fsp3) is 0.267. The number of alkyl halides is 3. The van der Waals surface area contributed by atoms with Gasteiger partial charge in [0.25, 0.3) is 0 Å². The third kappa shape index (κ3) is 2.49. The van der Waals surface area contributed by atoms with Crippen LogP contribution in [0.5, 0.6) is 0 Å². The molecule has 2 heterocycles. The molecular formula is C15H14F3N5. The van der Waals surface area contributed by atoms with Gasteiger partial charge in [0.2, 0.25) is 0 Å². The third-order valence-electron chi connectivity index (χ3n) is 3.88. The van der Waals surface area contributed by atoms with Crippen LogP contribution in [-0.4, -0.2) is 26.1 Å². The molecule has 2 aromatic heterocycles. The van der Waals surface area contributed by atoms with Crippen molar-refractivity contribution >= 4 is 17.0 Å². The summed E-state index contributed by atoms with van der Waals surface area (Å²) in [5.74, 6) is 0.632. The van der Waals surface area contributed by atoms with Crippen molar-refractivity contribution in [3.05, 3.63) is 36.2 Å². The second kappa shape index (κ2) is 4.94. The van der Waals surface area contributed by atoms with Crippen LogP contribution in [0.3, 0.4) is 0 Å². The summed E-state index contributed by atoms with van der Waals surface area (Å²) in [6, 6.07) is 6.17. The monoisotopic (exact) mass is 321 g/mol. The lowest BCUT2D eigenvalue weighted by Crippen LogP contribution is -2.36. The first-order valence-corrected chi connectivity index (χ1v) is 6.84. The van der Waals surface area contributed by atoms with Crippen LogP contribution in [-0.2, 0) is 5.41 Å². The van der Waals surface area contributed by atoms with E-state index in [0.717, 1.165) is 13.8 Å². The van der Waals surface area contributed by atoms with Gasteiger partial charge in [0.15, 0.2) is 11.5 Å². The van der Waals surface area contributed by atoms with Gasteiger partial charge >= 0.3 is 6.18 Å². The number of H-pyrrole nitrogens is 1. The molecule has 0 bridgehead atoms. The molecule has 3 aromatic rings. The minimum Gasteiger partial charge on any atom is -0.382 e. The Labute approximate surface area is 129 Å². The van der Waals surface area contributed by atoms with E-state index in [9.17, 15) is 13.2 Å². The molecule has 0 spiro atoms. The highest BCUT2D eigenvalue weighted by atomic mass is 19.4. The number of rotatable bonds is 2. The van der Waals surface area contributed by atoms with Crippen LogP contribution < -0.4 is 5.73 Å². The molecule has 0 saturated carbocycles. The first-order chi connectivity index (χ1) is 10.7. The molecule has 0 fully saturated rings. The van der Waals surface area contributed by atoms with Gasteiger partial charge < -0.3 is 10.7 Å². The SMILES string of the molecule is CC(C)(c1cccc(-c2nc3ncnc(N)c3[nH]2)c1)C(F)(F)F. The van der Waals surface area contributed by atoms with E-state index in [-0.39, 0.29) is 11.4 Å². The number of benzene rings is 1. The van der Waals surface area contributed by atoms with E-state index in [0.29, 0.717) is 22.6 Å². The summed E-state index contributed by atoms with van der Waals surface area (Å²) in [5, 5.41) is 0. The van der Waals surface area contributed by atoms with Crippen molar-refractivity contribution in [3.63, 3.8) is 0 Å². The topological polar surface area (TPSA) is 80.5 Å². The molecule has 1 aromatic carbocycles. The number of anilines is 1. The average molecular weight is 321 g/mol. The Morgan fingerprint density at radius 1 is 1.13 bits per heavy atom. The normalized spacial score (nSPS) is 12.7. The summed E-state index contributed by atoms with van der Waals surface area (Å²) in [5.41, 5.74) is 5.28. The zero-order valence-electron chi connectivity index (χ0n) is 12.4. The highest BCUT2D eigenvalue weighted by molar-refractivity contribution is 5.84. The fourth-order valence-corrected chi connectivity index (χ4v) is 2.20. The number of fused-ring (bicyclic) bond motifs is 1. The van der Waals surface area contributed by atoms with Gasteiger partial charge in [-0.25, -0.2) is 15.0 Å². The number of halogens is 3. The zero-order valence-corrected chi connectivity index (χ0v) is 12.4. The van der Waals surface area contributed by atoms with Crippen LogP contribution in [0.1, 0.15) is 19.4 Å². The van der Waals surface area contributed by atoms with Crippen molar-refractivity contribution in [1.82, 2.24) is 19.9 Å². The fourth-order valence-electron chi connectivity index (χ4n) is 2.20. The summed E-state index contributed by atoms with van der Waals surface area (Å²) in [6.07, 6.45) is -3.07. The van der Waals surface area contributed by atoms with Crippen molar-refractivity contribution in [3.8, 4) is 11.4 Å². The molecule has 23 heavy (non-hydrogen) atoms. The zero-order chi connectivity index (χ0) is 16.8. The number of nitrogens with one attached hydrogen (secondary N) is 1. The predicted molar refractivity (Wildman–Crippen MR) is 80.6 cm³/mol. The standard InChI is InChI=1S/C15H14F3N5/c1-14(2,15(16,17)18)9-5-3-4-8(6-9)12-22-10-11(19)20-7-21-13(10)23-12/h3-7H,1-2H3,(H3,19,20,21,22,23). The smallest absolute Gasteiger partial charge is 0.382 e. The Bertz CT molecular complexity index is 867. The molecule has 0 aliphatic heterocycles. The Morgan fingerprint density at radius 3 is 2.52 bits per heavy atom. The molecular weight excluding hydrogens is 307 g/mol. The summed E-state index contributed by atoms with van der Waals surface area (Å²) in [4.78, 5) is 15.1. The molecule has 0 radical (unpaired) electrons. The highest BCUT2D eigenvalue weighted by Crippen LogP contribution is 2.41. The lowest BCUT2D eigenvalue weighted by molar-refractivity contribution is -0.180. The van der Waals surface area contributed by atoms with E-state index in [4.69, 9.17) is 5.73 Å². The number of nitrogen functional groups attached to an aromatic ring is 1. The number of aromatic nitrogens is 4. The number of imidazole rings is 1. The molecule has 8 heteroatoms. The Hall–Kier alpha value is -2.64. The van der Waals surface area contributed by atoms with Gasteiger partial charge in [-0.1, -0.05) is 18.2 Å². The molecule has 3 N–H and O–H groups in total. The Morgan fingerprint density at radius 2 is 1.87 bits per heavy atom. The minimum absolute atomic E-state index is 0.155. The Kier molecular flexibility index (Phi) is 3.28. The van der Waals surface area contributed by atoms with E-state index < -0.39 is 11.6 Å². The first kappa shape index (κ1) is 15.3. The lowest BCUT2D eigenvalue weighted by Gasteiger charge is -2.28. The van der Waals surface area contributed by atoms with Crippen molar-refractivity contribution in [1.29, 1.82) is 0 Å². The lowest BCUT2D eigenvalue weighted by atomic mass is 9.83. The Balaban J connectivity index is 2.10. The molecule has 5 nitrogen and oxygen atoms in total. The van der Waals surface area contributed by atoms with Gasteiger partial charge in [0, 0.05) is 5.56 Å². The van der Waals surface area contributed by atoms with Crippen molar-refractivity contribution in [2.75, 3.05) is 5.73 Å². The molecule has 0 aliphatic carbocycles. The molecule has 3 rings (SSSR count). The van der Waals surface area contributed by atoms with Crippen LogP contribution in [0.4, 0.5) is 19.0 Å². The van der Waals surface area contributed by atoms with Crippen LogP contribution in [0.25, 0.3) is 22.6 Å². The van der Waals surface area contributed by atoms with Crippen LogP contribution >= 0.6 is 0 Å². The second-order valence-electron chi connectivity index (χ2n) is 5.75. The summed E-state index contributed by atoms with van der Waals surface area (Å²) >= 11 is 0. The van der Waals surface area contributed by atoms with Crippen LogP contribution in [0, 0.1) is 0 Å². The van der Waals surface area contributed by atoms with Gasteiger partial charge in [0.1, 0.15) is 17.7 Å². The van der Waals surface area contributed by atoms with Crippen molar-refractivity contribution in [2.45, 2.75) is 25.4 Å². The molecule has 0 unspecified atom stereocenters. The largest absolute Gasteiger partial charge is 0.397 e. The van der Waals surface area contributed by atoms with Gasteiger partial charge in [-0.3, -0.25) is 0 Å². The molecule has 0 amide bonds. The van der Waals surface area contributed by atoms with Crippen LogP contribution in [0.2, 0.25) is 0 Å². The van der Waals surface area contributed by atoms with Crippen LogP contribution in [0.15, 0.2) is 30.6 Å². The molecule has 0 saturated heterocycles. The third-order valence-corrected chi connectivity index (χ3v) is 3.88. The van der Waals surface area contributed by atoms with Crippen molar-refractivity contribution in [2.24, 2.45) is 0 Å². The minimum atomic E-state index is -4.35. The van der Waals surface area contributed by atoms with Gasteiger partial charge in [0.05, 0.1) is 5.41 Å². The maximum absolute atomic E-state index is 13.2. The van der Waals surface area contributed by atoms with E-state index in [1.807, 2.05) is 0 Å². The number of nitrogens with two attached hydrogens (primary N) is 1. The van der Waals surface area contributed by atoms with E-state index in [1.165, 1.54) is 18.5 Å². The summed E-state index contributed by atoms with van der Waals surface area (Å²) in [6.45, 7) is 2.29. The molecule has 0 aliphatic rings. The van der Waals surface area contributed by atoms with E-state index in [2.05, 4.69) is 19.9 Å². The maximum Gasteiger partial charge on any atom is 0.397 e. The molecule has 0 atom stereocenters. The number of nitrogens with zero attached hydrogens (tertiary/aromatic N) is 3. The summed E-state index contributed by atoms with van der Waals surface area (Å²) in [7, 11) is 0. The number of hydrogen-bond donors (Lipinski definition) is 2. The predicted octanol–water partition coefficient (Wildman–Crippen LogP) is 3.44. The maximum atomic E-state index is 13.2. The van der Waals surface area contributed by atoms with Gasteiger partial charge in [-0.15, -0.1) is 0 Å². The van der Waals surface area contributed by atoms with Gasteiger partial charge in [-0.2, -0.15) is 13.2 Å². The average Bonchev–Trinajstić information content (AvgIpc) is 2.92. The first-order valence-electron chi connectivity index (χ1n) is 6.84. The van der Waals surface area contributed by atoms with E-state index in [1.54, 1.807) is 12.1 Å². The quantitative estimate of drug-likeness (QED) is 0.757. The van der Waals surface area contributed by atoms with Gasteiger partial charge in [-0.05, 0) is 25.5 Å². The number of hydrogen-bond acceptors (Lipinski definition) is 4. The number of aromatic amines is 1. The summed E-state index contributed by atoms with van der Waals surface area (Å²) < 4.78 is 39.6. The van der Waals surface area contributed by atoms with Crippen molar-refractivity contribution < 1.29 is 13.2 Å². The highest BCUT2D eigenvalue weighted by Gasteiger charge is 2.48.